The van der Waals surface area contributed by atoms with Crippen molar-refractivity contribution in [3.8, 4) is 0 Å². The molecular formula is C22H25N3O. The van der Waals surface area contributed by atoms with E-state index in [-0.39, 0.29) is 11.9 Å². The van der Waals surface area contributed by atoms with Crippen LogP contribution in [0.3, 0.4) is 0 Å². The van der Waals surface area contributed by atoms with E-state index in [1.807, 2.05) is 24.4 Å². The first-order valence-corrected chi connectivity index (χ1v) is 9.48. The van der Waals surface area contributed by atoms with Gasteiger partial charge in [0.2, 0.25) is 0 Å². The van der Waals surface area contributed by atoms with Gasteiger partial charge in [0.05, 0.1) is 12.6 Å². The molecule has 0 aliphatic carbocycles. The maximum atomic E-state index is 12.8. The number of nitrogens with zero attached hydrogens (tertiary/aromatic N) is 3. The third kappa shape index (κ3) is 3.70. The summed E-state index contributed by atoms with van der Waals surface area (Å²) in [4.78, 5) is 15.1. The Balaban J connectivity index is 1.33. The van der Waals surface area contributed by atoms with Gasteiger partial charge in [-0.2, -0.15) is 5.10 Å². The summed E-state index contributed by atoms with van der Waals surface area (Å²) in [5.41, 5.74) is 2.58. The first-order valence-electron chi connectivity index (χ1n) is 9.48. The lowest BCUT2D eigenvalue weighted by molar-refractivity contribution is -0.134. The first-order chi connectivity index (χ1) is 12.8. The number of rotatable bonds is 4. The van der Waals surface area contributed by atoms with Gasteiger partial charge >= 0.3 is 0 Å². The lowest BCUT2D eigenvalue weighted by atomic mass is 9.89. The Bertz CT molecular complexity index is 751. The van der Waals surface area contributed by atoms with Crippen molar-refractivity contribution in [1.29, 1.82) is 0 Å². The summed E-state index contributed by atoms with van der Waals surface area (Å²) in [7, 11) is 0. The normalized spacial score (nSPS) is 21.2. The van der Waals surface area contributed by atoms with Crippen LogP contribution in [0.1, 0.15) is 42.3 Å². The number of hydrazone groups is 1. The molecule has 0 bridgehead atoms. The van der Waals surface area contributed by atoms with E-state index in [1.165, 1.54) is 5.56 Å². The predicted octanol–water partition coefficient (Wildman–Crippen LogP) is 3.83. The molecule has 0 radical (unpaired) electrons. The molecule has 2 aliphatic rings. The molecule has 1 amide bonds. The summed E-state index contributed by atoms with van der Waals surface area (Å²) >= 11 is 0. The maximum absolute atomic E-state index is 12.8. The van der Waals surface area contributed by atoms with Crippen LogP contribution in [0.5, 0.6) is 0 Å². The van der Waals surface area contributed by atoms with Crippen LogP contribution >= 0.6 is 0 Å². The van der Waals surface area contributed by atoms with Gasteiger partial charge in [-0.1, -0.05) is 60.7 Å². The minimum absolute atomic E-state index is 0.0468. The molecule has 134 valence electrons. The average Bonchev–Trinajstić information content (AvgIpc) is 3.20. The van der Waals surface area contributed by atoms with E-state index in [0.29, 0.717) is 12.5 Å². The summed E-state index contributed by atoms with van der Waals surface area (Å²) in [6.07, 6.45) is 4.88. The second-order valence-corrected chi connectivity index (χ2v) is 7.16. The second-order valence-electron chi connectivity index (χ2n) is 7.16. The van der Waals surface area contributed by atoms with E-state index in [0.717, 1.165) is 37.9 Å². The van der Waals surface area contributed by atoms with Crippen molar-refractivity contribution in [3.05, 3.63) is 71.8 Å². The van der Waals surface area contributed by atoms with Crippen LogP contribution in [-0.2, 0) is 4.79 Å². The van der Waals surface area contributed by atoms with E-state index in [2.05, 4.69) is 52.5 Å². The fourth-order valence-corrected chi connectivity index (χ4v) is 4.02. The fourth-order valence-electron chi connectivity index (χ4n) is 4.02. The van der Waals surface area contributed by atoms with Gasteiger partial charge < -0.3 is 0 Å². The number of amides is 1. The van der Waals surface area contributed by atoms with E-state index in [9.17, 15) is 4.79 Å². The Labute approximate surface area is 155 Å². The Morgan fingerprint density at radius 3 is 2.19 bits per heavy atom. The molecule has 4 rings (SSSR count). The molecule has 2 heterocycles. The second kappa shape index (κ2) is 7.83. The molecule has 2 aliphatic heterocycles. The molecule has 4 heteroatoms. The summed E-state index contributed by atoms with van der Waals surface area (Å²) in [6.45, 7) is 2.40. The number of benzene rings is 2. The monoisotopic (exact) mass is 347 g/mol. The van der Waals surface area contributed by atoms with Crippen LogP contribution in [0.4, 0.5) is 0 Å². The zero-order chi connectivity index (χ0) is 17.8. The SMILES string of the molecule is O=C(CN1CCC(c2ccccc2)CC1)N1N=CCC1c1ccccc1. The molecule has 1 fully saturated rings. The molecule has 0 aromatic heterocycles. The van der Waals surface area contributed by atoms with Crippen molar-refractivity contribution < 1.29 is 4.79 Å². The molecule has 26 heavy (non-hydrogen) atoms. The summed E-state index contributed by atoms with van der Waals surface area (Å²) in [5, 5.41) is 6.03. The van der Waals surface area contributed by atoms with Crippen molar-refractivity contribution in [2.24, 2.45) is 5.10 Å². The van der Waals surface area contributed by atoms with Crippen LogP contribution < -0.4 is 0 Å². The van der Waals surface area contributed by atoms with Crippen LogP contribution in [0.15, 0.2) is 65.8 Å². The van der Waals surface area contributed by atoms with Gasteiger partial charge in [0.1, 0.15) is 0 Å². The molecule has 0 N–H and O–H groups in total. The minimum atomic E-state index is 0.0468. The van der Waals surface area contributed by atoms with E-state index < -0.39 is 0 Å². The van der Waals surface area contributed by atoms with Crippen LogP contribution in [0.25, 0.3) is 0 Å². The molecule has 0 saturated carbocycles. The number of piperidine rings is 1. The smallest absolute Gasteiger partial charge is 0.257 e. The molecule has 1 unspecified atom stereocenters. The molecule has 1 saturated heterocycles. The van der Waals surface area contributed by atoms with Gasteiger partial charge in [0, 0.05) is 12.6 Å². The van der Waals surface area contributed by atoms with E-state index in [4.69, 9.17) is 0 Å². The van der Waals surface area contributed by atoms with Crippen molar-refractivity contribution in [3.63, 3.8) is 0 Å². The number of hydrogen-bond acceptors (Lipinski definition) is 3. The summed E-state index contributed by atoms with van der Waals surface area (Å²) < 4.78 is 0. The van der Waals surface area contributed by atoms with Gasteiger partial charge in [0.15, 0.2) is 0 Å². The van der Waals surface area contributed by atoms with Crippen molar-refractivity contribution in [2.75, 3.05) is 19.6 Å². The molecule has 2 aromatic carbocycles. The Kier molecular flexibility index (Phi) is 5.12. The Morgan fingerprint density at radius 1 is 0.923 bits per heavy atom. The number of carbonyl (C=O) groups is 1. The zero-order valence-corrected chi connectivity index (χ0v) is 15.0. The van der Waals surface area contributed by atoms with Gasteiger partial charge in [-0.3, -0.25) is 9.69 Å². The van der Waals surface area contributed by atoms with Crippen molar-refractivity contribution >= 4 is 12.1 Å². The lowest BCUT2D eigenvalue weighted by Crippen LogP contribution is -2.41. The maximum Gasteiger partial charge on any atom is 0.257 e. The first kappa shape index (κ1) is 17.0. The van der Waals surface area contributed by atoms with Gasteiger partial charge in [-0.15, -0.1) is 0 Å². The third-order valence-corrected chi connectivity index (χ3v) is 5.49. The van der Waals surface area contributed by atoms with Crippen molar-refractivity contribution in [2.45, 2.75) is 31.2 Å². The standard InChI is InChI=1S/C22H25N3O/c26-22(25-21(11-14-23-25)20-9-5-2-6-10-20)17-24-15-12-19(13-16-24)18-7-3-1-4-8-18/h1-10,14,19,21H,11-13,15-17H2. The van der Waals surface area contributed by atoms with Gasteiger partial charge in [-0.25, -0.2) is 5.01 Å². The van der Waals surface area contributed by atoms with Crippen LogP contribution in [0.2, 0.25) is 0 Å². The van der Waals surface area contributed by atoms with Crippen molar-refractivity contribution in [1.82, 2.24) is 9.91 Å². The molecule has 0 spiro atoms. The molecule has 1 atom stereocenters. The minimum Gasteiger partial charge on any atom is -0.294 e. The predicted molar refractivity (Wildman–Crippen MR) is 104 cm³/mol. The number of hydrogen-bond donors (Lipinski definition) is 0. The number of likely N-dealkylation sites (tertiary alicyclic amines) is 1. The average molecular weight is 347 g/mol. The molecule has 2 aromatic rings. The highest BCUT2D eigenvalue weighted by atomic mass is 16.2. The van der Waals surface area contributed by atoms with Crippen LogP contribution in [-0.4, -0.2) is 41.7 Å². The highest BCUT2D eigenvalue weighted by Crippen LogP contribution is 2.30. The molecular weight excluding hydrogens is 322 g/mol. The van der Waals surface area contributed by atoms with Crippen LogP contribution in [0, 0.1) is 0 Å². The van der Waals surface area contributed by atoms with Gasteiger partial charge in [-0.05, 0) is 43.0 Å². The highest BCUT2D eigenvalue weighted by Gasteiger charge is 2.30. The quantitative estimate of drug-likeness (QED) is 0.843. The largest absolute Gasteiger partial charge is 0.294 e. The third-order valence-electron chi connectivity index (χ3n) is 5.49. The molecule has 4 nitrogen and oxygen atoms in total. The summed E-state index contributed by atoms with van der Waals surface area (Å²) in [5.74, 6) is 0.718. The Morgan fingerprint density at radius 2 is 1.54 bits per heavy atom. The van der Waals surface area contributed by atoms with Gasteiger partial charge in [0.25, 0.3) is 5.91 Å². The lowest BCUT2D eigenvalue weighted by Gasteiger charge is -2.33. The topological polar surface area (TPSA) is 35.9 Å². The van der Waals surface area contributed by atoms with E-state index >= 15 is 0 Å². The Hall–Kier alpha value is -2.46. The number of carbonyl (C=O) groups excluding carboxylic acids is 1. The zero-order valence-electron chi connectivity index (χ0n) is 15.0. The summed E-state index contributed by atoms with van der Waals surface area (Å²) in [6, 6.07) is 21.0. The van der Waals surface area contributed by atoms with E-state index in [1.54, 1.807) is 5.01 Å². The fraction of sp³-hybridized carbons (Fsp3) is 0.364. The highest BCUT2D eigenvalue weighted by molar-refractivity contribution is 5.81.